The molecule has 3 rings (SSSR count). The summed E-state index contributed by atoms with van der Waals surface area (Å²) in [6.07, 6.45) is 5.84. The van der Waals surface area contributed by atoms with Gasteiger partial charge in [0.05, 0.1) is 18.8 Å². The summed E-state index contributed by atoms with van der Waals surface area (Å²) in [5.41, 5.74) is 2.98. The Balaban J connectivity index is 2.03. The van der Waals surface area contributed by atoms with Gasteiger partial charge in [0.15, 0.2) is 0 Å². The predicted octanol–water partition coefficient (Wildman–Crippen LogP) is 3.81. The van der Waals surface area contributed by atoms with Gasteiger partial charge in [-0.3, -0.25) is 0 Å². The van der Waals surface area contributed by atoms with E-state index in [2.05, 4.69) is 10.2 Å². The van der Waals surface area contributed by atoms with Crippen molar-refractivity contribution < 1.29 is 4.74 Å². The van der Waals surface area contributed by atoms with Crippen LogP contribution in [0.3, 0.4) is 0 Å². The minimum absolute atomic E-state index is 0.857. The zero-order chi connectivity index (χ0) is 13.8. The maximum atomic E-state index is 5.34. The number of hydrogen-bond acceptors (Lipinski definition) is 3. The lowest BCUT2D eigenvalue weighted by molar-refractivity contribution is 0.414. The van der Waals surface area contributed by atoms with Crippen LogP contribution in [0, 0.1) is 0 Å². The number of para-hydroxylation sites is 1. The molecule has 3 nitrogen and oxygen atoms in total. The third kappa shape index (κ3) is 2.38. The van der Waals surface area contributed by atoms with Crippen molar-refractivity contribution in [2.24, 2.45) is 0 Å². The number of aromatic nitrogens is 2. The van der Waals surface area contributed by atoms with E-state index in [0.717, 1.165) is 27.8 Å². The Morgan fingerprint density at radius 1 is 0.900 bits per heavy atom. The SMILES string of the molecule is COc1ccccc1/C=C/c1cnnc2ccccc12. The molecule has 0 aliphatic heterocycles. The minimum atomic E-state index is 0.857. The van der Waals surface area contributed by atoms with E-state index >= 15 is 0 Å². The lowest BCUT2D eigenvalue weighted by atomic mass is 10.1. The van der Waals surface area contributed by atoms with E-state index in [9.17, 15) is 0 Å². The Morgan fingerprint density at radius 3 is 2.55 bits per heavy atom. The molecule has 0 N–H and O–H groups in total. The van der Waals surface area contributed by atoms with Gasteiger partial charge in [-0.25, -0.2) is 0 Å². The second kappa shape index (κ2) is 5.53. The number of fused-ring (bicyclic) bond motifs is 1. The molecular formula is C17H14N2O. The van der Waals surface area contributed by atoms with E-state index in [1.807, 2.05) is 60.7 Å². The number of hydrogen-bond donors (Lipinski definition) is 0. The molecule has 0 radical (unpaired) electrons. The van der Waals surface area contributed by atoms with Crippen molar-refractivity contribution in [1.82, 2.24) is 10.2 Å². The van der Waals surface area contributed by atoms with Crippen LogP contribution < -0.4 is 4.74 Å². The van der Waals surface area contributed by atoms with Gasteiger partial charge in [-0.1, -0.05) is 48.6 Å². The maximum Gasteiger partial charge on any atom is 0.126 e. The van der Waals surface area contributed by atoms with Gasteiger partial charge >= 0.3 is 0 Å². The molecule has 3 heteroatoms. The van der Waals surface area contributed by atoms with Gasteiger partial charge < -0.3 is 4.74 Å². The Bertz CT molecular complexity index is 760. The maximum absolute atomic E-state index is 5.34. The Kier molecular flexibility index (Phi) is 3.42. The van der Waals surface area contributed by atoms with Crippen molar-refractivity contribution in [3.05, 3.63) is 65.9 Å². The van der Waals surface area contributed by atoms with E-state index in [0.29, 0.717) is 0 Å². The molecule has 0 atom stereocenters. The molecule has 0 bridgehead atoms. The van der Waals surface area contributed by atoms with Crippen LogP contribution in [-0.2, 0) is 0 Å². The highest BCUT2D eigenvalue weighted by molar-refractivity contribution is 5.90. The van der Waals surface area contributed by atoms with Crippen molar-refractivity contribution in [3.63, 3.8) is 0 Å². The van der Waals surface area contributed by atoms with Gasteiger partial charge in [0.25, 0.3) is 0 Å². The summed E-state index contributed by atoms with van der Waals surface area (Å²) >= 11 is 0. The molecule has 98 valence electrons. The van der Waals surface area contributed by atoms with Crippen molar-refractivity contribution in [2.75, 3.05) is 7.11 Å². The Morgan fingerprint density at radius 2 is 1.65 bits per heavy atom. The van der Waals surface area contributed by atoms with Gasteiger partial charge in [0.2, 0.25) is 0 Å². The highest BCUT2D eigenvalue weighted by Gasteiger charge is 2.00. The molecule has 1 heterocycles. The van der Waals surface area contributed by atoms with Gasteiger partial charge in [0, 0.05) is 16.5 Å². The molecule has 0 fully saturated rings. The second-order valence-corrected chi connectivity index (χ2v) is 4.39. The van der Waals surface area contributed by atoms with E-state index in [1.165, 1.54) is 0 Å². The van der Waals surface area contributed by atoms with Crippen LogP contribution in [0.4, 0.5) is 0 Å². The monoisotopic (exact) mass is 262 g/mol. The first-order valence-corrected chi connectivity index (χ1v) is 6.40. The number of rotatable bonds is 3. The third-order valence-corrected chi connectivity index (χ3v) is 3.16. The molecule has 20 heavy (non-hydrogen) atoms. The molecule has 0 aliphatic rings. The topological polar surface area (TPSA) is 35.0 Å². The molecule has 0 spiro atoms. The number of ether oxygens (including phenoxy) is 1. The average Bonchev–Trinajstić information content (AvgIpc) is 2.53. The summed E-state index contributed by atoms with van der Waals surface area (Å²) in [7, 11) is 1.68. The lowest BCUT2D eigenvalue weighted by Crippen LogP contribution is -1.87. The summed E-state index contributed by atoms with van der Waals surface area (Å²) in [4.78, 5) is 0. The molecule has 0 saturated heterocycles. The zero-order valence-electron chi connectivity index (χ0n) is 11.2. The first-order valence-electron chi connectivity index (χ1n) is 6.40. The van der Waals surface area contributed by atoms with Gasteiger partial charge in [0.1, 0.15) is 5.75 Å². The molecule has 0 saturated carbocycles. The van der Waals surface area contributed by atoms with Crippen LogP contribution in [-0.4, -0.2) is 17.3 Å². The fourth-order valence-corrected chi connectivity index (χ4v) is 2.14. The van der Waals surface area contributed by atoms with E-state index in [-0.39, 0.29) is 0 Å². The van der Waals surface area contributed by atoms with Gasteiger partial charge in [-0.15, -0.1) is 0 Å². The van der Waals surface area contributed by atoms with Crippen LogP contribution in [0.15, 0.2) is 54.7 Å². The van der Waals surface area contributed by atoms with Crippen molar-refractivity contribution in [1.29, 1.82) is 0 Å². The molecule has 3 aromatic rings. The average molecular weight is 262 g/mol. The quantitative estimate of drug-likeness (QED) is 0.720. The largest absolute Gasteiger partial charge is 0.496 e. The summed E-state index contributed by atoms with van der Waals surface area (Å²) in [6.45, 7) is 0. The summed E-state index contributed by atoms with van der Waals surface area (Å²) in [6, 6.07) is 15.9. The molecule has 0 unspecified atom stereocenters. The zero-order valence-corrected chi connectivity index (χ0v) is 11.2. The molecule has 2 aromatic carbocycles. The van der Waals surface area contributed by atoms with Crippen LogP contribution in [0.25, 0.3) is 23.1 Å². The first kappa shape index (κ1) is 12.4. The van der Waals surface area contributed by atoms with Crippen LogP contribution in [0.1, 0.15) is 11.1 Å². The van der Waals surface area contributed by atoms with Crippen molar-refractivity contribution in [3.8, 4) is 5.75 Å². The second-order valence-electron chi connectivity index (χ2n) is 4.39. The standard InChI is InChI=1S/C17H14N2O/c1-20-17-9-5-2-6-13(17)10-11-14-12-18-19-16-8-4-3-7-15(14)16/h2-12H,1H3/b11-10+. The van der Waals surface area contributed by atoms with Crippen LogP contribution in [0.2, 0.25) is 0 Å². The first-order chi connectivity index (χ1) is 9.88. The fraction of sp³-hybridized carbons (Fsp3) is 0.0588. The number of nitrogens with zero attached hydrogens (tertiary/aromatic N) is 2. The molecular weight excluding hydrogens is 248 g/mol. The van der Waals surface area contributed by atoms with Crippen LogP contribution >= 0.6 is 0 Å². The Hall–Kier alpha value is -2.68. The summed E-state index contributed by atoms with van der Waals surface area (Å²) in [5.74, 6) is 0.857. The summed E-state index contributed by atoms with van der Waals surface area (Å²) < 4.78 is 5.34. The molecule has 0 aliphatic carbocycles. The predicted molar refractivity (Wildman–Crippen MR) is 81.5 cm³/mol. The number of benzene rings is 2. The molecule has 1 aromatic heterocycles. The van der Waals surface area contributed by atoms with E-state index in [4.69, 9.17) is 4.74 Å². The van der Waals surface area contributed by atoms with Crippen LogP contribution in [0.5, 0.6) is 5.75 Å². The normalized spacial score (nSPS) is 11.1. The Labute approximate surface area is 117 Å². The summed E-state index contributed by atoms with van der Waals surface area (Å²) in [5, 5.41) is 9.25. The van der Waals surface area contributed by atoms with E-state index < -0.39 is 0 Å². The third-order valence-electron chi connectivity index (χ3n) is 3.16. The fourth-order valence-electron chi connectivity index (χ4n) is 2.14. The smallest absolute Gasteiger partial charge is 0.126 e. The minimum Gasteiger partial charge on any atom is -0.496 e. The van der Waals surface area contributed by atoms with Gasteiger partial charge in [-0.05, 0) is 12.1 Å². The van der Waals surface area contributed by atoms with E-state index in [1.54, 1.807) is 13.3 Å². The van der Waals surface area contributed by atoms with Crippen molar-refractivity contribution in [2.45, 2.75) is 0 Å². The highest BCUT2D eigenvalue weighted by Crippen LogP contribution is 2.22. The van der Waals surface area contributed by atoms with Crippen molar-refractivity contribution >= 4 is 23.1 Å². The number of methoxy groups -OCH3 is 1. The highest BCUT2D eigenvalue weighted by atomic mass is 16.5. The van der Waals surface area contributed by atoms with Gasteiger partial charge in [-0.2, -0.15) is 10.2 Å². The molecule has 0 amide bonds. The lowest BCUT2D eigenvalue weighted by Gasteiger charge is -2.04.